The number of H-pyrrole nitrogens is 1. The number of hydrogen-bond acceptors (Lipinski definition) is 2. The highest BCUT2D eigenvalue weighted by Gasteiger charge is 2.20. The van der Waals surface area contributed by atoms with Gasteiger partial charge < -0.3 is 14.6 Å². The van der Waals surface area contributed by atoms with Crippen molar-refractivity contribution in [1.82, 2.24) is 9.88 Å². The number of likely N-dealkylation sites (N-methyl/N-ethyl adjacent to an activating group) is 1. The van der Waals surface area contributed by atoms with Crippen LogP contribution >= 0.6 is 0 Å². The second-order valence-corrected chi connectivity index (χ2v) is 3.33. The van der Waals surface area contributed by atoms with E-state index in [9.17, 15) is 0 Å². The van der Waals surface area contributed by atoms with Crippen molar-refractivity contribution in [1.29, 1.82) is 0 Å². The maximum absolute atomic E-state index is 5.69. The van der Waals surface area contributed by atoms with Crippen LogP contribution in [0.5, 0.6) is 5.88 Å². The van der Waals surface area contributed by atoms with Gasteiger partial charge in [-0.1, -0.05) is 0 Å². The fourth-order valence-electron chi connectivity index (χ4n) is 1.56. The van der Waals surface area contributed by atoms with Crippen molar-refractivity contribution in [3.63, 3.8) is 0 Å². The minimum absolute atomic E-state index is 0.369. The van der Waals surface area contributed by atoms with Crippen LogP contribution in [0.2, 0.25) is 0 Å². The van der Waals surface area contributed by atoms with Crippen LogP contribution in [0, 0.1) is 0 Å². The molecule has 1 aliphatic rings. The summed E-state index contributed by atoms with van der Waals surface area (Å²) in [5.41, 5.74) is 0. The molecule has 1 saturated heterocycles. The van der Waals surface area contributed by atoms with Crippen molar-refractivity contribution < 1.29 is 4.74 Å². The van der Waals surface area contributed by atoms with Gasteiger partial charge in [0.25, 0.3) is 0 Å². The Morgan fingerprint density at radius 2 is 2.58 bits per heavy atom. The Kier molecular flexibility index (Phi) is 2.04. The van der Waals surface area contributed by atoms with Crippen molar-refractivity contribution in [3.8, 4) is 5.88 Å². The molecule has 0 aromatic carbocycles. The molecule has 1 N–H and O–H groups in total. The average Bonchev–Trinajstić information content (AvgIpc) is 2.63. The Balaban J connectivity index is 1.88. The summed E-state index contributed by atoms with van der Waals surface area (Å²) in [6.07, 6.45) is 3.39. The molecule has 66 valence electrons. The van der Waals surface area contributed by atoms with Gasteiger partial charge in [-0.2, -0.15) is 0 Å². The minimum atomic E-state index is 0.369. The average molecular weight is 166 g/mol. The number of nitrogens with one attached hydrogen (secondary N) is 1. The third-order valence-electron chi connectivity index (χ3n) is 2.21. The summed E-state index contributed by atoms with van der Waals surface area (Å²) in [5, 5.41) is 0. The highest BCUT2D eigenvalue weighted by atomic mass is 16.5. The van der Waals surface area contributed by atoms with Gasteiger partial charge in [0, 0.05) is 19.3 Å². The van der Waals surface area contributed by atoms with Gasteiger partial charge in [-0.25, -0.2) is 0 Å². The van der Waals surface area contributed by atoms with Gasteiger partial charge >= 0.3 is 0 Å². The van der Waals surface area contributed by atoms with E-state index in [4.69, 9.17) is 4.74 Å². The number of aromatic amines is 1. The second-order valence-electron chi connectivity index (χ2n) is 3.33. The van der Waals surface area contributed by atoms with Crippen LogP contribution in [0.3, 0.4) is 0 Å². The van der Waals surface area contributed by atoms with E-state index >= 15 is 0 Å². The van der Waals surface area contributed by atoms with Crippen molar-refractivity contribution in [2.24, 2.45) is 0 Å². The Morgan fingerprint density at radius 3 is 3.17 bits per heavy atom. The summed E-state index contributed by atoms with van der Waals surface area (Å²) in [5.74, 6) is 0.885. The fourth-order valence-corrected chi connectivity index (χ4v) is 1.56. The van der Waals surface area contributed by atoms with Crippen LogP contribution in [0.25, 0.3) is 0 Å². The maximum atomic E-state index is 5.69. The monoisotopic (exact) mass is 166 g/mol. The normalized spacial score (nSPS) is 24.6. The molecule has 1 aromatic rings. The molecule has 12 heavy (non-hydrogen) atoms. The van der Waals surface area contributed by atoms with Gasteiger partial charge in [0.1, 0.15) is 6.10 Å². The van der Waals surface area contributed by atoms with Gasteiger partial charge in [-0.05, 0) is 25.6 Å². The molecular weight excluding hydrogens is 152 g/mol. The predicted molar refractivity (Wildman–Crippen MR) is 47.3 cm³/mol. The van der Waals surface area contributed by atoms with Crippen LogP contribution in [-0.2, 0) is 0 Å². The maximum Gasteiger partial charge on any atom is 0.191 e. The lowest BCUT2D eigenvalue weighted by molar-refractivity contribution is 0.201. The lowest BCUT2D eigenvalue weighted by Crippen LogP contribution is -2.21. The Bertz CT molecular complexity index is 233. The van der Waals surface area contributed by atoms with Crippen LogP contribution < -0.4 is 4.74 Å². The second kappa shape index (κ2) is 3.19. The van der Waals surface area contributed by atoms with Gasteiger partial charge in [0.2, 0.25) is 0 Å². The molecule has 0 saturated carbocycles. The van der Waals surface area contributed by atoms with Crippen LogP contribution in [0.15, 0.2) is 18.3 Å². The first kappa shape index (κ1) is 7.68. The molecule has 2 rings (SSSR count). The molecule has 3 heteroatoms. The van der Waals surface area contributed by atoms with E-state index in [1.807, 2.05) is 18.3 Å². The molecule has 0 radical (unpaired) electrons. The number of likely N-dealkylation sites (tertiary alicyclic amines) is 1. The van der Waals surface area contributed by atoms with Gasteiger partial charge in [-0.3, -0.25) is 0 Å². The number of ether oxygens (including phenoxy) is 1. The highest BCUT2D eigenvalue weighted by molar-refractivity contribution is 5.10. The molecule has 0 amide bonds. The highest BCUT2D eigenvalue weighted by Crippen LogP contribution is 2.14. The lowest BCUT2D eigenvalue weighted by atomic mass is 10.3. The van der Waals surface area contributed by atoms with Crippen molar-refractivity contribution in [2.75, 3.05) is 20.1 Å². The SMILES string of the molecule is CN1CCC(Oc2ccc[nH]2)C1. The first-order chi connectivity index (χ1) is 5.84. The third-order valence-corrected chi connectivity index (χ3v) is 2.21. The minimum Gasteiger partial charge on any atom is -0.474 e. The third kappa shape index (κ3) is 1.61. The summed E-state index contributed by atoms with van der Waals surface area (Å²) in [7, 11) is 2.12. The largest absolute Gasteiger partial charge is 0.474 e. The molecule has 1 fully saturated rings. The molecule has 0 bridgehead atoms. The van der Waals surface area contributed by atoms with Crippen LogP contribution in [0.1, 0.15) is 6.42 Å². The Labute approximate surface area is 72.3 Å². The van der Waals surface area contributed by atoms with Gasteiger partial charge in [0.15, 0.2) is 5.88 Å². The summed E-state index contributed by atoms with van der Waals surface area (Å²) in [4.78, 5) is 5.32. The summed E-state index contributed by atoms with van der Waals surface area (Å²) in [6, 6.07) is 3.91. The molecule has 1 aromatic heterocycles. The zero-order valence-electron chi connectivity index (χ0n) is 7.29. The Morgan fingerprint density at radius 1 is 1.67 bits per heavy atom. The van der Waals surface area contributed by atoms with Crippen molar-refractivity contribution in [3.05, 3.63) is 18.3 Å². The molecule has 1 unspecified atom stereocenters. The number of aromatic nitrogens is 1. The fraction of sp³-hybridized carbons (Fsp3) is 0.556. The van der Waals surface area contributed by atoms with Crippen LogP contribution in [-0.4, -0.2) is 36.1 Å². The number of nitrogens with zero attached hydrogens (tertiary/aromatic N) is 1. The van der Waals surface area contributed by atoms with Gasteiger partial charge in [-0.15, -0.1) is 0 Å². The first-order valence-corrected chi connectivity index (χ1v) is 4.33. The van der Waals surface area contributed by atoms with E-state index in [0.29, 0.717) is 6.10 Å². The smallest absolute Gasteiger partial charge is 0.191 e. The van der Waals surface area contributed by atoms with Crippen molar-refractivity contribution >= 4 is 0 Å². The Hall–Kier alpha value is -0.960. The van der Waals surface area contributed by atoms with Crippen LogP contribution in [0.4, 0.5) is 0 Å². The molecule has 0 spiro atoms. The molecule has 2 heterocycles. The quantitative estimate of drug-likeness (QED) is 0.712. The zero-order valence-corrected chi connectivity index (χ0v) is 7.29. The number of hydrogen-bond donors (Lipinski definition) is 1. The molecule has 3 nitrogen and oxygen atoms in total. The number of rotatable bonds is 2. The van der Waals surface area contributed by atoms with E-state index in [1.54, 1.807) is 0 Å². The van der Waals surface area contributed by atoms with E-state index < -0.39 is 0 Å². The summed E-state index contributed by atoms with van der Waals surface area (Å²) < 4.78 is 5.69. The van der Waals surface area contributed by atoms with E-state index in [-0.39, 0.29) is 0 Å². The topological polar surface area (TPSA) is 28.3 Å². The van der Waals surface area contributed by atoms with E-state index in [2.05, 4.69) is 16.9 Å². The van der Waals surface area contributed by atoms with Gasteiger partial charge in [0.05, 0.1) is 0 Å². The van der Waals surface area contributed by atoms with Crippen molar-refractivity contribution in [2.45, 2.75) is 12.5 Å². The summed E-state index contributed by atoms with van der Waals surface area (Å²) >= 11 is 0. The molecular formula is C9H14N2O. The zero-order chi connectivity index (χ0) is 8.39. The molecule has 1 atom stereocenters. The molecule has 0 aliphatic carbocycles. The first-order valence-electron chi connectivity index (χ1n) is 4.33. The standard InChI is InChI=1S/C9H14N2O/c1-11-6-4-8(7-11)12-9-3-2-5-10-9/h2-3,5,8,10H,4,6-7H2,1H3. The molecule has 1 aliphatic heterocycles. The van der Waals surface area contributed by atoms with E-state index in [1.165, 1.54) is 0 Å². The lowest BCUT2D eigenvalue weighted by Gasteiger charge is -2.11. The summed E-state index contributed by atoms with van der Waals surface area (Å²) in [6.45, 7) is 2.18. The predicted octanol–water partition coefficient (Wildman–Crippen LogP) is 1.10. The van der Waals surface area contributed by atoms with E-state index in [0.717, 1.165) is 25.4 Å².